The summed E-state index contributed by atoms with van der Waals surface area (Å²) in [5, 5.41) is 5.55. The maximum absolute atomic E-state index is 13.7. The molecule has 2 aromatic carbocycles. The average Bonchev–Trinajstić information content (AvgIpc) is 3.59. The molecule has 1 saturated carbocycles. The molecule has 1 N–H and O–H groups in total. The van der Waals surface area contributed by atoms with Gasteiger partial charge < -0.3 is 19.9 Å². The van der Waals surface area contributed by atoms with Gasteiger partial charge in [-0.25, -0.2) is 4.79 Å². The summed E-state index contributed by atoms with van der Waals surface area (Å²) in [7, 11) is 0. The number of nitrogens with zero attached hydrogens (tertiary/aromatic N) is 2. The molecule has 1 atom stereocenters. The lowest BCUT2D eigenvalue weighted by atomic mass is 10.00. The molecular formula is C30H34ClN3O3S. The van der Waals surface area contributed by atoms with Gasteiger partial charge in [0.25, 0.3) is 0 Å². The third-order valence-electron chi connectivity index (χ3n) is 7.23. The van der Waals surface area contributed by atoms with E-state index in [0.29, 0.717) is 42.2 Å². The van der Waals surface area contributed by atoms with E-state index < -0.39 is 0 Å². The van der Waals surface area contributed by atoms with Crippen LogP contribution in [0.3, 0.4) is 0 Å². The van der Waals surface area contributed by atoms with Crippen molar-refractivity contribution in [2.24, 2.45) is 5.92 Å². The van der Waals surface area contributed by atoms with Gasteiger partial charge in [-0.3, -0.25) is 4.79 Å². The standard InChI is InChI=1S/C30H34ClN3O3S/c1-20(2)22-8-10-25(11-9-22)37-19-27-26-13-15-38-28(26)12-14-34(27)29(35)18-33(17-21-6-7-21)30(36)32-24-5-3-4-23(31)16-24/h3-5,8-11,13,15-16,20-21,27H,6-7,12,14,17-19H2,1-2H3,(H,32,36). The fourth-order valence-corrected chi connectivity index (χ4v) is 5.97. The van der Waals surface area contributed by atoms with E-state index in [2.05, 4.69) is 42.7 Å². The number of nitrogens with one attached hydrogen (secondary N) is 1. The molecule has 2 aliphatic rings. The third-order valence-corrected chi connectivity index (χ3v) is 8.47. The quantitative estimate of drug-likeness (QED) is 0.312. The molecule has 3 amide bonds. The summed E-state index contributed by atoms with van der Waals surface area (Å²) in [5.41, 5.74) is 3.02. The number of benzene rings is 2. The summed E-state index contributed by atoms with van der Waals surface area (Å²) in [4.78, 5) is 31.8. The van der Waals surface area contributed by atoms with Gasteiger partial charge in [0.05, 0.1) is 6.04 Å². The number of hydrogen-bond acceptors (Lipinski definition) is 4. The number of rotatable bonds is 9. The largest absolute Gasteiger partial charge is 0.491 e. The Morgan fingerprint density at radius 1 is 1.16 bits per heavy atom. The summed E-state index contributed by atoms with van der Waals surface area (Å²) in [6, 6.07) is 16.9. The fourth-order valence-electron chi connectivity index (χ4n) is 4.85. The molecule has 1 fully saturated rings. The molecule has 6 nitrogen and oxygen atoms in total. The molecule has 8 heteroatoms. The Bertz CT molecular complexity index is 1270. The van der Waals surface area contributed by atoms with Crippen LogP contribution >= 0.6 is 22.9 Å². The molecule has 1 aromatic heterocycles. The molecule has 200 valence electrons. The Labute approximate surface area is 233 Å². The van der Waals surface area contributed by atoms with Crippen molar-refractivity contribution < 1.29 is 14.3 Å². The zero-order valence-electron chi connectivity index (χ0n) is 21.9. The van der Waals surface area contributed by atoms with Gasteiger partial charge in [-0.15, -0.1) is 11.3 Å². The number of hydrogen-bond donors (Lipinski definition) is 1. The molecule has 0 radical (unpaired) electrons. The van der Waals surface area contributed by atoms with Gasteiger partial charge in [0.15, 0.2) is 0 Å². The number of ether oxygens (including phenoxy) is 1. The Morgan fingerprint density at radius 2 is 1.95 bits per heavy atom. The van der Waals surface area contributed by atoms with Crippen molar-refractivity contribution >= 4 is 40.6 Å². The van der Waals surface area contributed by atoms with Gasteiger partial charge in [0, 0.05) is 28.7 Å². The summed E-state index contributed by atoms with van der Waals surface area (Å²) in [6.45, 7) is 5.91. The van der Waals surface area contributed by atoms with Crippen LogP contribution in [0.25, 0.3) is 0 Å². The van der Waals surface area contributed by atoms with Crippen molar-refractivity contribution in [2.45, 2.75) is 45.1 Å². The van der Waals surface area contributed by atoms with Crippen LogP contribution in [-0.2, 0) is 11.2 Å². The van der Waals surface area contributed by atoms with E-state index in [1.807, 2.05) is 17.0 Å². The second-order valence-corrected chi connectivity index (χ2v) is 11.9. The fraction of sp³-hybridized carbons (Fsp3) is 0.400. The first-order chi connectivity index (χ1) is 18.4. The van der Waals surface area contributed by atoms with Crippen LogP contribution in [0.5, 0.6) is 5.75 Å². The molecule has 1 unspecified atom stereocenters. The number of urea groups is 1. The topological polar surface area (TPSA) is 61.9 Å². The Hall–Kier alpha value is -3.03. The highest BCUT2D eigenvalue weighted by atomic mass is 35.5. The molecule has 0 bridgehead atoms. The summed E-state index contributed by atoms with van der Waals surface area (Å²) >= 11 is 7.82. The number of thiophene rings is 1. The minimum atomic E-state index is -0.279. The Balaban J connectivity index is 1.29. The molecule has 5 rings (SSSR count). The highest BCUT2D eigenvalue weighted by molar-refractivity contribution is 7.10. The third kappa shape index (κ3) is 6.51. The molecule has 1 aliphatic carbocycles. The number of fused-ring (bicyclic) bond motifs is 1. The van der Waals surface area contributed by atoms with Gasteiger partial charge in [0.1, 0.15) is 18.9 Å². The van der Waals surface area contributed by atoms with Crippen LogP contribution < -0.4 is 10.1 Å². The smallest absolute Gasteiger partial charge is 0.322 e. The Kier molecular flexibility index (Phi) is 8.24. The van der Waals surface area contributed by atoms with E-state index in [0.717, 1.165) is 30.6 Å². The monoisotopic (exact) mass is 551 g/mol. The van der Waals surface area contributed by atoms with Crippen LogP contribution in [0.1, 0.15) is 54.7 Å². The van der Waals surface area contributed by atoms with Gasteiger partial charge in [-0.05, 0) is 84.0 Å². The minimum absolute atomic E-state index is 0.0297. The van der Waals surface area contributed by atoms with E-state index in [1.54, 1.807) is 40.5 Å². The molecule has 38 heavy (non-hydrogen) atoms. The van der Waals surface area contributed by atoms with E-state index in [4.69, 9.17) is 16.3 Å². The molecular weight excluding hydrogens is 518 g/mol. The zero-order chi connectivity index (χ0) is 26.6. The first kappa shape index (κ1) is 26.6. The van der Waals surface area contributed by atoms with Crippen molar-refractivity contribution in [3.63, 3.8) is 0 Å². The number of amides is 3. The van der Waals surface area contributed by atoms with E-state index in [-0.39, 0.29) is 24.5 Å². The molecule has 2 heterocycles. The van der Waals surface area contributed by atoms with Crippen molar-refractivity contribution in [3.8, 4) is 5.75 Å². The minimum Gasteiger partial charge on any atom is -0.491 e. The van der Waals surface area contributed by atoms with Crippen molar-refractivity contribution in [2.75, 3.05) is 31.6 Å². The second-order valence-electron chi connectivity index (χ2n) is 10.5. The van der Waals surface area contributed by atoms with Gasteiger partial charge in [-0.2, -0.15) is 0 Å². The molecule has 0 saturated heterocycles. The maximum Gasteiger partial charge on any atom is 0.322 e. The lowest BCUT2D eigenvalue weighted by Gasteiger charge is -2.37. The van der Waals surface area contributed by atoms with E-state index in [1.165, 1.54) is 10.4 Å². The van der Waals surface area contributed by atoms with Crippen LogP contribution in [0.15, 0.2) is 60.0 Å². The predicted octanol–water partition coefficient (Wildman–Crippen LogP) is 6.97. The first-order valence-electron chi connectivity index (χ1n) is 13.3. The SMILES string of the molecule is CC(C)c1ccc(OCC2c3ccsc3CCN2C(=O)CN(CC2CC2)C(=O)Nc2cccc(Cl)c2)cc1. The highest BCUT2D eigenvalue weighted by Gasteiger charge is 2.35. The van der Waals surface area contributed by atoms with Gasteiger partial charge in [-0.1, -0.05) is 43.6 Å². The van der Waals surface area contributed by atoms with Crippen molar-refractivity contribution in [1.29, 1.82) is 0 Å². The number of halogens is 1. The normalized spacial score (nSPS) is 16.7. The second kappa shape index (κ2) is 11.8. The van der Waals surface area contributed by atoms with E-state index in [9.17, 15) is 9.59 Å². The first-order valence-corrected chi connectivity index (χ1v) is 14.5. The maximum atomic E-state index is 13.7. The average molecular weight is 552 g/mol. The summed E-state index contributed by atoms with van der Waals surface area (Å²) in [6.07, 6.45) is 2.99. The summed E-state index contributed by atoms with van der Waals surface area (Å²) < 4.78 is 6.21. The van der Waals surface area contributed by atoms with Crippen molar-refractivity contribution in [3.05, 3.63) is 81.0 Å². The number of carbonyl (C=O) groups excluding carboxylic acids is 2. The van der Waals surface area contributed by atoms with Crippen LogP contribution in [-0.4, -0.2) is 48.0 Å². The molecule has 1 aliphatic heterocycles. The lowest BCUT2D eigenvalue weighted by Crippen LogP contribution is -2.49. The number of carbonyl (C=O) groups is 2. The van der Waals surface area contributed by atoms with Crippen LogP contribution in [0, 0.1) is 5.92 Å². The highest BCUT2D eigenvalue weighted by Crippen LogP contribution is 2.35. The molecule has 0 spiro atoms. The lowest BCUT2D eigenvalue weighted by molar-refractivity contribution is -0.135. The van der Waals surface area contributed by atoms with Gasteiger partial charge >= 0.3 is 6.03 Å². The van der Waals surface area contributed by atoms with Gasteiger partial charge in [0.2, 0.25) is 5.91 Å². The predicted molar refractivity (Wildman–Crippen MR) is 153 cm³/mol. The van der Waals surface area contributed by atoms with Crippen LogP contribution in [0.2, 0.25) is 5.02 Å². The Morgan fingerprint density at radius 3 is 2.66 bits per heavy atom. The summed E-state index contributed by atoms with van der Waals surface area (Å²) in [5.74, 6) is 1.64. The molecule has 3 aromatic rings. The van der Waals surface area contributed by atoms with Crippen molar-refractivity contribution in [1.82, 2.24) is 9.80 Å². The zero-order valence-corrected chi connectivity index (χ0v) is 23.4. The van der Waals surface area contributed by atoms with Crippen LogP contribution in [0.4, 0.5) is 10.5 Å². The van der Waals surface area contributed by atoms with E-state index >= 15 is 0 Å². The number of anilines is 1.